The Kier molecular flexibility index (Phi) is 5.51. The Morgan fingerprint density at radius 2 is 2.19 bits per heavy atom. The van der Waals surface area contributed by atoms with Crippen molar-refractivity contribution in [3.63, 3.8) is 0 Å². The van der Waals surface area contributed by atoms with Crippen LogP contribution in [0.2, 0.25) is 5.02 Å². The van der Waals surface area contributed by atoms with Crippen molar-refractivity contribution in [2.75, 3.05) is 18.4 Å². The van der Waals surface area contributed by atoms with Crippen LogP contribution < -0.4 is 4.72 Å². The Bertz CT molecular complexity index is 703. The summed E-state index contributed by atoms with van der Waals surface area (Å²) >= 11 is 7.03. The predicted octanol–water partition coefficient (Wildman–Crippen LogP) is 2.32. The number of hydrogen-bond acceptors (Lipinski definition) is 6. The number of sulfonamides is 1. The molecule has 0 saturated heterocycles. The van der Waals surface area contributed by atoms with Crippen molar-refractivity contribution in [2.45, 2.75) is 12.2 Å². The summed E-state index contributed by atoms with van der Waals surface area (Å²) in [5.74, 6) is -0.166. The Labute approximate surface area is 132 Å². The van der Waals surface area contributed by atoms with Crippen LogP contribution in [0.1, 0.15) is 10.6 Å². The van der Waals surface area contributed by atoms with Crippen LogP contribution in [0.15, 0.2) is 24.3 Å². The van der Waals surface area contributed by atoms with E-state index in [-0.39, 0.29) is 10.9 Å². The first kappa shape index (κ1) is 16.2. The third-order valence-electron chi connectivity index (χ3n) is 2.48. The largest absolute Gasteiger partial charge is 0.384 e. The van der Waals surface area contributed by atoms with Gasteiger partial charge >= 0.3 is 0 Å². The van der Waals surface area contributed by atoms with Crippen LogP contribution in [0.25, 0.3) is 0 Å². The average molecular weight is 348 g/mol. The molecule has 1 N–H and O–H groups in total. The minimum Gasteiger partial charge on any atom is -0.384 e. The molecular formula is C12H14ClN3O3S2. The number of nitrogens with zero attached hydrogens (tertiary/aromatic N) is 2. The normalized spacial score (nSPS) is 11.5. The zero-order chi connectivity index (χ0) is 15.3. The number of anilines is 1. The van der Waals surface area contributed by atoms with E-state index in [4.69, 9.17) is 16.3 Å². The summed E-state index contributed by atoms with van der Waals surface area (Å²) in [6.07, 6.45) is 0.601. The summed E-state index contributed by atoms with van der Waals surface area (Å²) in [6.45, 7) is 0.518. The molecule has 0 fully saturated rings. The highest BCUT2D eigenvalue weighted by atomic mass is 35.5. The van der Waals surface area contributed by atoms with Gasteiger partial charge in [-0.2, -0.15) is 0 Å². The topological polar surface area (TPSA) is 81.2 Å². The first-order chi connectivity index (χ1) is 9.98. The Balaban J connectivity index is 2.02. The smallest absolute Gasteiger partial charge is 0.238 e. The van der Waals surface area contributed by atoms with Gasteiger partial charge in [0.05, 0.1) is 12.4 Å². The highest BCUT2D eigenvalue weighted by Crippen LogP contribution is 2.19. The lowest BCUT2D eigenvalue weighted by atomic mass is 10.2. The molecule has 0 saturated carbocycles. The standard InChI is InChI=1S/C12H14ClN3O3S2/c1-19-6-5-11-14-15-12(20-11)16-21(17,18)8-9-3-2-4-10(13)7-9/h2-4,7H,5-6,8H2,1H3,(H,15,16). The van der Waals surface area contributed by atoms with Crippen LogP contribution >= 0.6 is 22.9 Å². The van der Waals surface area contributed by atoms with E-state index in [0.717, 1.165) is 5.01 Å². The van der Waals surface area contributed by atoms with Gasteiger partial charge in [-0.1, -0.05) is 35.1 Å². The molecule has 0 unspecified atom stereocenters. The van der Waals surface area contributed by atoms with E-state index in [0.29, 0.717) is 23.6 Å². The van der Waals surface area contributed by atoms with Crippen molar-refractivity contribution in [3.05, 3.63) is 39.9 Å². The van der Waals surface area contributed by atoms with Crippen molar-refractivity contribution in [1.29, 1.82) is 0 Å². The second kappa shape index (κ2) is 7.17. The lowest BCUT2D eigenvalue weighted by Crippen LogP contribution is -2.14. The summed E-state index contributed by atoms with van der Waals surface area (Å²) in [7, 11) is -1.95. The van der Waals surface area contributed by atoms with Crippen LogP contribution in [0.3, 0.4) is 0 Å². The van der Waals surface area contributed by atoms with Gasteiger partial charge in [0, 0.05) is 18.6 Å². The lowest BCUT2D eigenvalue weighted by Gasteiger charge is -2.05. The Hall–Kier alpha value is -1.22. The highest BCUT2D eigenvalue weighted by Gasteiger charge is 2.15. The molecule has 21 heavy (non-hydrogen) atoms. The third kappa shape index (κ3) is 5.24. The van der Waals surface area contributed by atoms with Crippen molar-refractivity contribution in [3.8, 4) is 0 Å². The summed E-state index contributed by atoms with van der Waals surface area (Å²) in [5, 5.41) is 9.18. The number of aromatic nitrogens is 2. The van der Waals surface area contributed by atoms with Gasteiger partial charge in [0.1, 0.15) is 5.01 Å². The number of methoxy groups -OCH3 is 1. The zero-order valence-corrected chi connectivity index (χ0v) is 13.6. The van der Waals surface area contributed by atoms with Gasteiger partial charge < -0.3 is 4.74 Å². The van der Waals surface area contributed by atoms with Crippen LogP contribution in [-0.4, -0.2) is 32.3 Å². The summed E-state index contributed by atoms with van der Waals surface area (Å²) in [6, 6.07) is 6.72. The fourth-order valence-corrected chi connectivity index (χ4v) is 3.93. The average Bonchev–Trinajstić information content (AvgIpc) is 2.82. The van der Waals surface area contributed by atoms with E-state index in [1.165, 1.54) is 11.3 Å². The maximum Gasteiger partial charge on any atom is 0.238 e. The molecule has 2 rings (SSSR count). The second-order valence-electron chi connectivity index (χ2n) is 4.23. The minimum absolute atomic E-state index is 0.166. The fourth-order valence-electron chi connectivity index (χ4n) is 1.60. The third-order valence-corrected chi connectivity index (χ3v) is 4.96. The molecule has 1 heterocycles. The highest BCUT2D eigenvalue weighted by molar-refractivity contribution is 7.92. The van der Waals surface area contributed by atoms with E-state index >= 15 is 0 Å². The van der Waals surface area contributed by atoms with Crippen molar-refractivity contribution in [2.24, 2.45) is 0 Å². The molecule has 0 atom stereocenters. The molecule has 1 aromatic heterocycles. The molecule has 0 radical (unpaired) electrons. The van der Waals surface area contributed by atoms with E-state index < -0.39 is 10.0 Å². The molecule has 0 spiro atoms. The van der Waals surface area contributed by atoms with Gasteiger partial charge in [0.2, 0.25) is 15.2 Å². The molecular weight excluding hydrogens is 334 g/mol. The summed E-state index contributed by atoms with van der Waals surface area (Å²) < 4.78 is 31.5. The number of hydrogen-bond donors (Lipinski definition) is 1. The van der Waals surface area contributed by atoms with Crippen molar-refractivity contribution in [1.82, 2.24) is 10.2 Å². The van der Waals surface area contributed by atoms with Gasteiger partial charge in [-0.05, 0) is 17.7 Å². The molecule has 0 aliphatic rings. The monoisotopic (exact) mass is 347 g/mol. The molecule has 9 heteroatoms. The van der Waals surface area contributed by atoms with E-state index in [9.17, 15) is 8.42 Å². The second-order valence-corrected chi connectivity index (χ2v) is 7.46. The fraction of sp³-hybridized carbons (Fsp3) is 0.333. The zero-order valence-electron chi connectivity index (χ0n) is 11.2. The first-order valence-electron chi connectivity index (χ1n) is 6.05. The predicted molar refractivity (Wildman–Crippen MR) is 83.2 cm³/mol. The molecule has 0 aliphatic carbocycles. The lowest BCUT2D eigenvalue weighted by molar-refractivity contribution is 0.202. The van der Waals surface area contributed by atoms with Gasteiger partial charge in [0.15, 0.2) is 0 Å². The van der Waals surface area contributed by atoms with E-state index in [2.05, 4.69) is 14.9 Å². The molecule has 2 aromatic rings. The number of nitrogens with one attached hydrogen (secondary N) is 1. The van der Waals surface area contributed by atoms with Crippen molar-refractivity contribution >= 4 is 38.1 Å². The first-order valence-corrected chi connectivity index (χ1v) is 8.89. The number of ether oxygens (including phenoxy) is 1. The molecule has 1 aromatic carbocycles. The SMILES string of the molecule is COCCc1nnc(NS(=O)(=O)Cc2cccc(Cl)c2)s1. The van der Waals surface area contributed by atoms with Crippen molar-refractivity contribution < 1.29 is 13.2 Å². The van der Waals surface area contributed by atoms with E-state index in [1.807, 2.05) is 0 Å². The molecule has 114 valence electrons. The Morgan fingerprint density at radius 3 is 2.90 bits per heavy atom. The van der Waals surface area contributed by atoms with Crippen LogP contribution in [0.5, 0.6) is 0 Å². The summed E-state index contributed by atoms with van der Waals surface area (Å²) in [5.41, 5.74) is 0.610. The number of benzene rings is 1. The molecule has 0 aliphatic heterocycles. The Morgan fingerprint density at radius 1 is 1.38 bits per heavy atom. The molecule has 0 bridgehead atoms. The molecule has 0 amide bonds. The maximum atomic E-state index is 12.1. The van der Waals surface area contributed by atoms with Gasteiger partial charge in [-0.25, -0.2) is 8.42 Å². The van der Waals surface area contributed by atoms with Gasteiger partial charge in [-0.3, -0.25) is 4.72 Å². The summed E-state index contributed by atoms with van der Waals surface area (Å²) in [4.78, 5) is 0. The number of halogens is 1. The number of rotatable bonds is 7. The van der Waals surface area contributed by atoms with Gasteiger partial charge in [0.25, 0.3) is 0 Å². The van der Waals surface area contributed by atoms with E-state index in [1.54, 1.807) is 31.4 Å². The van der Waals surface area contributed by atoms with Crippen LogP contribution in [0, 0.1) is 0 Å². The van der Waals surface area contributed by atoms with Gasteiger partial charge in [-0.15, -0.1) is 10.2 Å². The maximum absolute atomic E-state index is 12.1. The quantitative estimate of drug-likeness (QED) is 0.831. The minimum atomic E-state index is -3.54. The molecule has 6 nitrogen and oxygen atoms in total. The van der Waals surface area contributed by atoms with Crippen LogP contribution in [0.4, 0.5) is 5.13 Å². The van der Waals surface area contributed by atoms with Crippen LogP contribution in [-0.2, 0) is 26.9 Å².